The van der Waals surface area contributed by atoms with Gasteiger partial charge < -0.3 is 24.1 Å². The molecule has 162 valence electrons. The van der Waals surface area contributed by atoms with Gasteiger partial charge in [0.05, 0.1) is 12.4 Å². The van der Waals surface area contributed by atoms with Gasteiger partial charge in [0.25, 0.3) is 0 Å². The van der Waals surface area contributed by atoms with E-state index < -0.39 is 0 Å². The SMILES string of the molecule is COc1ccc(CNC(=O)C(C)Sc2nnc(C3COc4ccccc4O3)n2C)cc1. The quantitative estimate of drug-likeness (QED) is 0.565. The van der Waals surface area contributed by atoms with Crippen LogP contribution < -0.4 is 19.5 Å². The van der Waals surface area contributed by atoms with Gasteiger partial charge in [-0.1, -0.05) is 36.0 Å². The Morgan fingerprint density at radius 1 is 1.23 bits per heavy atom. The van der Waals surface area contributed by atoms with E-state index in [-0.39, 0.29) is 17.3 Å². The Balaban J connectivity index is 1.35. The molecular weight excluding hydrogens is 416 g/mol. The molecule has 3 aromatic rings. The molecule has 0 bridgehead atoms. The third kappa shape index (κ3) is 4.77. The molecule has 1 amide bonds. The first kappa shape index (κ1) is 21.0. The van der Waals surface area contributed by atoms with E-state index in [4.69, 9.17) is 14.2 Å². The summed E-state index contributed by atoms with van der Waals surface area (Å²) >= 11 is 1.35. The Labute approximate surface area is 184 Å². The molecule has 1 aliphatic heterocycles. The van der Waals surface area contributed by atoms with E-state index in [1.165, 1.54) is 11.8 Å². The molecule has 0 spiro atoms. The first-order chi connectivity index (χ1) is 15.0. The van der Waals surface area contributed by atoms with Crippen LogP contribution in [0.4, 0.5) is 0 Å². The highest BCUT2D eigenvalue weighted by Gasteiger charge is 2.28. The number of hydrogen-bond donors (Lipinski definition) is 1. The molecule has 1 aromatic heterocycles. The van der Waals surface area contributed by atoms with Gasteiger partial charge in [-0.15, -0.1) is 10.2 Å². The molecule has 0 fully saturated rings. The second kappa shape index (κ2) is 9.30. The molecule has 2 aromatic carbocycles. The van der Waals surface area contributed by atoms with E-state index >= 15 is 0 Å². The number of carbonyl (C=O) groups excluding carboxylic acids is 1. The van der Waals surface area contributed by atoms with Crippen LogP contribution in [0.25, 0.3) is 0 Å². The van der Waals surface area contributed by atoms with Crippen molar-refractivity contribution >= 4 is 17.7 Å². The number of amides is 1. The Morgan fingerprint density at radius 3 is 2.71 bits per heavy atom. The van der Waals surface area contributed by atoms with Crippen molar-refractivity contribution in [3.8, 4) is 17.2 Å². The lowest BCUT2D eigenvalue weighted by Crippen LogP contribution is -2.30. The van der Waals surface area contributed by atoms with Crippen LogP contribution in [-0.4, -0.2) is 39.6 Å². The summed E-state index contributed by atoms with van der Waals surface area (Å²) in [5.74, 6) is 2.77. The van der Waals surface area contributed by atoms with Gasteiger partial charge in [-0.05, 0) is 36.8 Å². The van der Waals surface area contributed by atoms with Gasteiger partial charge in [0.1, 0.15) is 12.4 Å². The maximum absolute atomic E-state index is 12.5. The molecule has 2 heterocycles. The van der Waals surface area contributed by atoms with Gasteiger partial charge in [0.2, 0.25) is 5.91 Å². The summed E-state index contributed by atoms with van der Waals surface area (Å²) in [6.45, 7) is 2.65. The molecule has 0 saturated heterocycles. The molecule has 2 atom stereocenters. The number of rotatable bonds is 7. The second-order valence-corrected chi connectivity index (χ2v) is 8.40. The van der Waals surface area contributed by atoms with E-state index in [2.05, 4.69) is 15.5 Å². The average Bonchev–Trinajstić information content (AvgIpc) is 3.17. The minimum atomic E-state index is -0.360. The smallest absolute Gasteiger partial charge is 0.233 e. The fraction of sp³-hybridized carbons (Fsp3) is 0.318. The Morgan fingerprint density at radius 2 is 1.97 bits per heavy atom. The minimum absolute atomic E-state index is 0.0726. The van der Waals surface area contributed by atoms with Gasteiger partial charge in [-0.3, -0.25) is 4.79 Å². The van der Waals surface area contributed by atoms with Crippen LogP contribution in [0.2, 0.25) is 0 Å². The van der Waals surface area contributed by atoms with Gasteiger partial charge in [-0.2, -0.15) is 0 Å². The summed E-state index contributed by atoms with van der Waals surface area (Å²) in [5.41, 5.74) is 1.00. The highest BCUT2D eigenvalue weighted by molar-refractivity contribution is 8.00. The zero-order valence-corrected chi connectivity index (χ0v) is 18.4. The van der Waals surface area contributed by atoms with Gasteiger partial charge in [0, 0.05) is 13.6 Å². The fourth-order valence-corrected chi connectivity index (χ4v) is 3.99. The number of benzene rings is 2. The summed E-state index contributed by atoms with van der Waals surface area (Å²) in [6.07, 6.45) is -0.360. The van der Waals surface area contributed by atoms with Crippen LogP contribution in [0, 0.1) is 0 Å². The van der Waals surface area contributed by atoms with Crippen LogP contribution in [0.15, 0.2) is 53.7 Å². The minimum Gasteiger partial charge on any atom is -0.497 e. The van der Waals surface area contributed by atoms with E-state index in [1.807, 2.05) is 67.1 Å². The van der Waals surface area contributed by atoms with Crippen molar-refractivity contribution in [2.75, 3.05) is 13.7 Å². The van der Waals surface area contributed by atoms with E-state index in [0.717, 1.165) is 17.1 Å². The van der Waals surface area contributed by atoms with Gasteiger partial charge in [-0.25, -0.2) is 0 Å². The second-order valence-electron chi connectivity index (χ2n) is 7.09. The third-order valence-corrected chi connectivity index (χ3v) is 6.08. The van der Waals surface area contributed by atoms with E-state index in [1.54, 1.807) is 7.11 Å². The lowest BCUT2D eigenvalue weighted by Gasteiger charge is -2.25. The summed E-state index contributed by atoms with van der Waals surface area (Å²) in [6, 6.07) is 15.1. The number of ether oxygens (including phenoxy) is 3. The van der Waals surface area contributed by atoms with Crippen molar-refractivity contribution in [2.45, 2.75) is 30.0 Å². The van der Waals surface area contributed by atoms with Gasteiger partial charge in [0.15, 0.2) is 28.6 Å². The largest absolute Gasteiger partial charge is 0.497 e. The van der Waals surface area contributed by atoms with Crippen molar-refractivity contribution in [3.63, 3.8) is 0 Å². The van der Waals surface area contributed by atoms with Crippen LogP contribution in [0.5, 0.6) is 17.2 Å². The predicted molar refractivity (Wildman–Crippen MR) is 116 cm³/mol. The van der Waals surface area contributed by atoms with Crippen molar-refractivity contribution in [1.29, 1.82) is 0 Å². The predicted octanol–water partition coefficient (Wildman–Crippen LogP) is 3.13. The molecule has 0 radical (unpaired) electrons. The maximum atomic E-state index is 12.5. The lowest BCUT2D eigenvalue weighted by atomic mass is 10.2. The van der Waals surface area contributed by atoms with E-state index in [9.17, 15) is 4.79 Å². The van der Waals surface area contributed by atoms with Gasteiger partial charge >= 0.3 is 0 Å². The van der Waals surface area contributed by atoms with Crippen molar-refractivity contribution < 1.29 is 19.0 Å². The molecule has 8 nitrogen and oxygen atoms in total. The molecular formula is C22H24N4O4S. The molecule has 0 saturated carbocycles. The number of nitrogens with one attached hydrogen (secondary N) is 1. The number of nitrogens with zero attached hydrogens (tertiary/aromatic N) is 3. The number of thioether (sulfide) groups is 1. The Bertz CT molecular complexity index is 1050. The molecule has 1 aliphatic rings. The summed E-state index contributed by atoms with van der Waals surface area (Å²) in [5, 5.41) is 11.8. The Hall–Kier alpha value is -3.20. The standard InChI is InChI=1S/C22H24N4O4S/c1-14(21(27)23-12-15-8-10-16(28-3)11-9-15)31-22-25-24-20(26(22)2)19-13-29-17-6-4-5-7-18(17)30-19/h4-11,14,19H,12-13H2,1-3H3,(H,23,27). The summed E-state index contributed by atoms with van der Waals surface area (Å²) in [4.78, 5) is 12.5. The topological polar surface area (TPSA) is 87.5 Å². The summed E-state index contributed by atoms with van der Waals surface area (Å²) < 4.78 is 18.8. The molecule has 31 heavy (non-hydrogen) atoms. The Kier molecular flexibility index (Phi) is 6.31. The maximum Gasteiger partial charge on any atom is 0.233 e. The zero-order chi connectivity index (χ0) is 21.8. The molecule has 1 N–H and O–H groups in total. The number of fused-ring (bicyclic) bond motifs is 1. The van der Waals surface area contributed by atoms with Crippen LogP contribution in [0.1, 0.15) is 24.4 Å². The van der Waals surface area contributed by atoms with Crippen LogP contribution in [0.3, 0.4) is 0 Å². The highest BCUT2D eigenvalue weighted by atomic mass is 32.2. The number of hydrogen-bond acceptors (Lipinski definition) is 7. The van der Waals surface area contributed by atoms with Crippen LogP contribution >= 0.6 is 11.8 Å². The normalized spacial score (nSPS) is 15.9. The van der Waals surface area contributed by atoms with Crippen LogP contribution in [-0.2, 0) is 18.4 Å². The first-order valence-electron chi connectivity index (χ1n) is 9.90. The zero-order valence-electron chi connectivity index (χ0n) is 17.6. The lowest BCUT2D eigenvalue weighted by molar-refractivity contribution is -0.120. The molecule has 4 rings (SSSR count). The van der Waals surface area contributed by atoms with E-state index in [0.29, 0.717) is 29.9 Å². The van der Waals surface area contributed by atoms with Crippen molar-refractivity contribution in [1.82, 2.24) is 20.1 Å². The number of methoxy groups -OCH3 is 1. The third-order valence-electron chi connectivity index (χ3n) is 4.94. The highest BCUT2D eigenvalue weighted by Crippen LogP contribution is 2.36. The monoisotopic (exact) mass is 440 g/mol. The summed E-state index contributed by atoms with van der Waals surface area (Å²) in [7, 11) is 3.49. The molecule has 0 aliphatic carbocycles. The average molecular weight is 441 g/mol. The van der Waals surface area contributed by atoms with Crippen molar-refractivity contribution in [3.05, 3.63) is 59.9 Å². The number of carbonyl (C=O) groups is 1. The molecule has 2 unspecified atom stereocenters. The fourth-order valence-electron chi connectivity index (χ4n) is 3.14. The first-order valence-corrected chi connectivity index (χ1v) is 10.8. The number of para-hydroxylation sites is 2. The van der Waals surface area contributed by atoms with Crippen molar-refractivity contribution in [2.24, 2.45) is 7.05 Å². The number of aromatic nitrogens is 3. The molecule has 9 heteroatoms.